The lowest BCUT2D eigenvalue weighted by Crippen LogP contribution is -2.33. The molecule has 0 saturated heterocycles. The minimum Gasteiger partial charge on any atom is -0.369 e. The van der Waals surface area contributed by atoms with Gasteiger partial charge in [0, 0.05) is 12.6 Å². The van der Waals surface area contributed by atoms with E-state index in [4.69, 9.17) is 0 Å². The third-order valence-electron chi connectivity index (χ3n) is 2.17. The van der Waals surface area contributed by atoms with Gasteiger partial charge in [0.2, 0.25) is 0 Å². The maximum Gasteiger partial charge on any atom is 0.415 e. The number of aromatic amines is 1. The normalized spacial score (nSPS) is 9.74. The molecule has 0 aliphatic rings. The molecule has 0 bridgehead atoms. The number of unbranched alkanes of at least 4 members (excludes halogenated alkanes) is 2. The van der Waals surface area contributed by atoms with Crippen LogP contribution in [-0.4, -0.2) is 34.7 Å². The summed E-state index contributed by atoms with van der Waals surface area (Å²) >= 11 is 0. The Bertz CT molecular complexity index is 430. The van der Waals surface area contributed by atoms with Crippen LogP contribution >= 0.6 is 0 Å². The van der Waals surface area contributed by atoms with E-state index in [1.165, 1.54) is 12.3 Å². The van der Waals surface area contributed by atoms with Crippen LogP contribution in [0.3, 0.4) is 0 Å². The molecule has 0 aromatic carbocycles. The van der Waals surface area contributed by atoms with Crippen LogP contribution in [0, 0.1) is 0 Å². The Labute approximate surface area is 109 Å². The number of rotatable bonds is 5. The van der Waals surface area contributed by atoms with E-state index < -0.39 is 18.0 Å². The number of alkyl carbamates (subject to hydrolysis) is 1. The first-order chi connectivity index (χ1) is 9.13. The number of nitrogens with one attached hydrogen (secondary N) is 3. The van der Waals surface area contributed by atoms with E-state index in [1.54, 1.807) is 0 Å². The SMILES string of the molecule is CCCCCNC(=O)OC(=O)C(=O)Nc1ccn[nH]1. The first-order valence-electron chi connectivity index (χ1n) is 5.94. The first-order valence-corrected chi connectivity index (χ1v) is 5.94. The molecule has 0 fully saturated rings. The number of amides is 2. The van der Waals surface area contributed by atoms with Crippen molar-refractivity contribution in [1.29, 1.82) is 0 Å². The Hall–Kier alpha value is -2.38. The summed E-state index contributed by atoms with van der Waals surface area (Å²) in [7, 11) is 0. The summed E-state index contributed by atoms with van der Waals surface area (Å²) in [4.78, 5) is 33.7. The zero-order valence-corrected chi connectivity index (χ0v) is 10.6. The minimum atomic E-state index is -1.28. The van der Waals surface area contributed by atoms with Gasteiger partial charge in [-0.2, -0.15) is 5.10 Å². The summed E-state index contributed by atoms with van der Waals surface area (Å²) in [5.41, 5.74) is 0. The van der Waals surface area contributed by atoms with Gasteiger partial charge < -0.3 is 15.4 Å². The van der Waals surface area contributed by atoms with E-state index in [-0.39, 0.29) is 5.82 Å². The summed E-state index contributed by atoms with van der Waals surface area (Å²) < 4.78 is 4.31. The Morgan fingerprint density at radius 2 is 2.16 bits per heavy atom. The summed E-state index contributed by atoms with van der Waals surface area (Å²) in [5, 5.41) is 10.6. The lowest BCUT2D eigenvalue weighted by atomic mass is 10.2. The minimum absolute atomic E-state index is 0.241. The van der Waals surface area contributed by atoms with Crippen molar-refractivity contribution in [2.45, 2.75) is 26.2 Å². The number of ether oxygens (including phenoxy) is 1. The Balaban J connectivity index is 2.25. The van der Waals surface area contributed by atoms with Crippen molar-refractivity contribution in [3.63, 3.8) is 0 Å². The third kappa shape index (κ3) is 5.66. The smallest absolute Gasteiger partial charge is 0.369 e. The van der Waals surface area contributed by atoms with Crippen LogP contribution in [0.4, 0.5) is 10.6 Å². The van der Waals surface area contributed by atoms with Crippen LogP contribution < -0.4 is 10.6 Å². The largest absolute Gasteiger partial charge is 0.415 e. The maximum atomic E-state index is 11.3. The molecule has 2 amide bonds. The highest BCUT2D eigenvalue weighted by molar-refractivity contribution is 6.38. The molecule has 0 aliphatic heterocycles. The Morgan fingerprint density at radius 1 is 1.37 bits per heavy atom. The van der Waals surface area contributed by atoms with Crippen molar-refractivity contribution in [2.75, 3.05) is 11.9 Å². The number of hydrogen-bond donors (Lipinski definition) is 3. The summed E-state index contributed by atoms with van der Waals surface area (Å²) in [6, 6.07) is 1.45. The van der Waals surface area contributed by atoms with Gasteiger partial charge in [0.25, 0.3) is 0 Å². The van der Waals surface area contributed by atoms with Gasteiger partial charge >= 0.3 is 18.0 Å². The monoisotopic (exact) mass is 268 g/mol. The molecule has 0 saturated carbocycles. The molecule has 0 aliphatic carbocycles. The number of anilines is 1. The number of carbonyl (C=O) groups excluding carboxylic acids is 3. The second-order valence-electron chi connectivity index (χ2n) is 3.74. The molecule has 1 rings (SSSR count). The van der Waals surface area contributed by atoms with Gasteiger partial charge in [-0.15, -0.1) is 0 Å². The van der Waals surface area contributed by atoms with E-state index in [2.05, 4.69) is 25.6 Å². The van der Waals surface area contributed by atoms with Crippen molar-refractivity contribution in [1.82, 2.24) is 15.5 Å². The number of hydrogen-bond acceptors (Lipinski definition) is 5. The van der Waals surface area contributed by atoms with Crippen molar-refractivity contribution in [3.8, 4) is 0 Å². The Morgan fingerprint density at radius 3 is 2.79 bits per heavy atom. The molecular weight excluding hydrogens is 252 g/mol. The van der Waals surface area contributed by atoms with E-state index in [0.29, 0.717) is 6.54 Å². The molecule has 3 N–H and O–H groups in total. The molecule has 0 spiro atoms. The predicted octanol–water partition coefficient (Wildman–Crippen LogP) is 0.791. The average molecular weight is 268 g/mol. The van der Waals surface area contributed by atoms with Gasteiger partial charge in [-0.3, -0.25) is 9.89 Å². The van der Waals surface area contributed by atoms with E-state index in [9.17, 15) is 14.4 Å². The average Bonchev–Trinajstić information content (AvgIpc) is 2.87. The lowest BCUT2D eigenvalue weighted by molar-refractivity contribution is -0.147. The van der Waals surface area contributed by atoms with Crippen molar-refractivity contribution >= 4 is 23.8 Å². The molecule has 0 atom stereocenters. The van der Waals surface area contributed by atoms with Gasteiger partial charge in [-0.1, -0.05) is 19.8 Å². The van der Waals surface area contributed by atoms with Crippen LogP contribution in [0.15, 0.2) is 12.3 Å². The molecule has 1 aromatic rings. The summed E-state index contributed by atoms with van der Waals surface area (Å²) in [5.74, 6) is -2.08. The topological polar surface area (TPSA) is 113 Å². The van der Waals surface area contributed by atoms with Gasteiger partial charge in [-0.05, 0) is 6.42 Å². The fourth-order valence-corrected chi connectivity index (χ4v) is 1.23. The number of carbonyl (C=O) groups is 3. The van der Waals surface area contributed by atoms with Crippen molar-refractivity contribution in [2.24, 2.45) is 0 Å². The van der Waals surface area contributed by atoms with E-state index in [1.807, 2.05) is 6.92 Å². The third-order valence-corrected chi connectivity index (χ3v) is 2.17. The standard InChI is InChI=1S/C11H16N4O4/c1-2-3-4-6-12-11(18)19-10(17)9(16)14-8-5-7-13-15-8/h5,7H,2-4,6H2,1H3,(H,12,18)(H2,13,14,15,16). The zero-order chi connectivity index (χ0) is 14.1. The van der Waals surface area contributed by atoms with E-state index in [0.717, 1.165) is 19.3 Å². The second-order valence-corrected chi connectivity index (χ2v) is 3.74. The number of aromatic nitrogens is 2. The van der Waals surface area contributed by atoms with Crippen LogP contribution in [-0.2, 0) is 14.3 Å². The van der Waals surface area contributed by atoms with Gasteiger partial charge in [0.15, 0.2) is 0 Å². The van der Waals surface area contributed by atoms with E-state index >= 15 is 0 Å². The highest BCUT2D eigenvalue weighted by Gasteiger charge is 2.19. The molecule has 0 unspecified atom stereocenters. The van der Waals surface area contributed by atoms with Crippen molar-refractivity contribution < 1.29 is 19.1 Å². The molecule has 0 radical (unpaired) electrons. The van der Waals surface area contributed by atoms with Crippen LogP contribution in [0.2, 0.25) is 0 Å². The first kappa shape index (κ1) is 14.7. The van der Waals surface area contributed by atoms with Gasteiger partial charge in [0.1, 0.15) is 5.82 Å². The summed E-state index contributed by atoms with van der Waals surface area (Å²) in [6.07, 6.45) is 3.25. The van der Waals surface area contributed by atoms with Gasteiger partial charge in [0.05, 0.1) is 6.20 Å². The summed E-state index contributed by atoms with van der Waals surface area (Å²) in [6.45, 7) is 2.43. The van der Waals surface area contributed by atoms with Crippen LogP contribution in [0.1, 0.15) is 26.2 Å². The molecule has 19 heavy (non-hydrogen) atoms. The molecule has 8 heteroatoms. The van der Waals surface area contributed by atoms with Crippen LogP contribution in [0.5, 0.6) is 0 Å². The highest BCUT2D eigenvalue weighted by Crippen LogP contribution is 1.98. The molecule has 1 aromatic heterocycles. The maximum absolute atomic E-state index is 11.3. The van der Waals surface area contributed by atoms with Crippen LogP contribution in [0.25, 0.3) is 0 Å². The zero-order valence-electron chi connectivity index (χ0n) is 10.6. The fourth-order valence-electron chi connectivity index (χ4n) is 1.23. The highest BCUT2D eigenvalue weighted by atomic mass is 16.6. The molecule has 1 heterocycles. The Kier molecular flexibility index (Phi) is 6.07. The quantitative estimate of drug-likeness (QED) is 0.316. The van der Waals surface area contributed by atoms with Crippen molar-refractivity contribution in [3.05, 3.63) is 12.3 Å². The molecule has 104 valence electrons. The fraction of sp³-hybridized carbons (Fsp3) is 0.455. The van der Waals surface area contributed by atoms with Gasteiger partial charge in [-0.25, -0.2) is 9.59 Å². The number of H-pyrrole nitrogens is 1. The number of esters is 1. The molecular formula is C11H16N4O4. The lowest BCUT2D eigenvalue weighted by Gasteiger charge is -2.04. The number of nitrogens with zero attached hydrogens (tertiary/aromatic N) is 1. The second kappa shape index (κ2) is 7.85. The molecule has 8 nitrogen and oxygen atoms in total. The predicted molar refractivity (Wildman–Crippen MR) is 66.2 cm³/mol.